The minimum atomic E-state index is -0.141. The topological polar surface area (TPSA) is 32.7 Å². The van der Waals surface area contributed by atoms with E-state index < -0.39 is 0 Å². The summed E-state index contributed by atoms with van der Waals surface area (Å²) in [5, 5.41) is 11.1. The first-order valence-corrected chi connectivity index (χ1v) is 8.89. The summed E-state index contributed by atoms with van der Waals surface area (Å²) < 4.78 is 5.44. The maximum Gasteiger partial charge on any atom is 0.0723 e. The maximum absolute atomic E-state index is 11.1. The molecule has 3 heteroatoms. The van der Waals surface area contributed by atoms with Crippen LogP contribution in [0.2, 0.25) is 0 Å². The first kappa shape index (κ1) is 14.5. The Balaban J connectivity index is 1.53. The number of nitrogens with zero attached hydrogens (tertiary/aromatic N) is 1. The van der Waals surface area contributed by atoms with Gasteiger partial charge in [-0.1, -0.05) is 13.8 Å². The lowest BCUT2D eigenvalue weighted by molar-refractivity contribution is -0.189. The predicted octanol–water partition coefficient (Wildman–Crippen LogP) is 2.68. The van der Waals surface area contributed by atoms with E-state index in [0.29, 0.717) is 10.8 Å². The Morgan fingerprint density at radius 3 is 2.24 bits per heavy atom. The van der Waals surface area contributed by atoms with Crippen LogP contribution in [0.5, 0.6) is 0 Å². The van der Waals surface area contributed by atoms with Crippen molar-refractivity contribution in [3.8, 4) is 0 Å². The van der Waals surface area contributed by atoms with Crippen molar-refractivity contribution >= 4 is 0 Å². The zero-order valence-electron chi connectivity index (χ0n) is 13.7. The standard InChI is InChI=1S/C18H31NO2/c1-16-7-14-8-17(2,11-16)13-18(9-14,12-16)15(20)10-19-3-5-21-6-4-19/h14-15,20H,3-13H2,1-2H3/t14?,15-,16-,17+,18?/m0/s1. The Bertz CT molecular complexity index is 399. The van der Waals surface area contributed by atoms with Crippen LogP contribution in [0.4, 0.5) is 0 Å². The van der Waals surface area contributed by atoms with Gasteiger partial charge in [-0.25, -0.2) is 0 Å². The number of ether oxygens (including phenoxy) is 1. The first-order valence-electron chi connectivity index (χ1n) is 8.89. The normalized spacial score (nSPS) is 51.3. The second-order valence-corrected chi connectivity index (χ2v) is 9.42. The average molecular weight is 293 g/mol. The van der Waals surface area contributed by atoms with E-state index in [9.17, 15) is 5.11 Å². The molecular formula is C18H31NO2. The fourth-order valence-corrected chi connectivity index (χ4v) is 7.13. The van der Waals surface area contributed by atoms with Crippen LogP contribution < -0.4 is 0 Å². The number of hydrogen-bond donors (Lipinski definition) is 1. The molecule has 5 aliphatic rings. The highest BCUT2D eigenvalue weighted by atomic mass is 16.5. The van der Waals surface area contributed by atoms with Gasteiger partial charge in [0, 0.05) is 19.6 Å². The summed E-state index contributed by atoms with van der Waals surface area (Å²) in [7, 11) is 0. The van der Waals surface area contributed by atoms with Gasteiger partial charge in [0.15, 0.2) is 0 Å². The second-order valence-electron chi connectivity index (χ2n) is 9.42. The summed E-state index contributed by atoms with van der Waals surface area (Å²) >= 11 is 0. The first-order chi connectivity index (χ1) is 9.91. The van der Waals surface area contributed by atoms with Gasteiger partial charge < -0.3 is 9.84 Å². The van der Waals surface area contributed by atoms with E-state index in [0.717, 1.165) is 38.8 Å². The molecule has 21 heavy (non-hydrogen) atoms. The highest BCUT2D eigenvalue weighted by Gasteiger charge is 2.62. The molecule has 5 atom stereocenters. The number of β-amino-alcohol motifs (C(OH)–C–C–N with tert-alkyl or cyclic N) is 1. The van der Waals surface area contributed by atoms with Crippen LogP contribution >= 0.6 is 0 Å². The minimum absolute atomic E-state index is 0.141. The van der Waals surface area contributed by atoms with Crippen LogP contribution in [0.25, 0.3) is 0 Å². The summed E-state index contributed by atoms with van der Waals surface area (Å²) in [6.45, 7) is 9.49. The van der Waals surface area contributed by atoms with Gasteiger partial charge in [0.25, 0.3) is 0 Å². The van der Waals surface area contributed by atoms with Gasteiger partial charge in [0.05, 0.1) is 19.3 Å². The van der Waals surface area contributed by atoms with Gasteiger partial charge in [0.1, 0.15) is 0 Å². The molecule has 1 aliphatic heterocycles. The predicted molar refractivity (Wildman–Crippen MR) is 83.1 cm³/mol. The van der Waals surface area contributed by atoms with E-state index in [-0.39, 0.29) is 11.5 Å². The van der Waals surface area contributed by atoms with Crippen LogP contribution in [0.15, 0.2) is 0 Å². The van der Waals surface area contributed by atoms with Crippen LogP contribution in [-0.4, -0.2) is 49.0 Å². The number of aliphatic hydroxyl groups is 1. The third-order valence-electron chi connectivity index (χ3n) is 6.91. The molecule has 120 valence electrons. The quantitative estimate of drug-likeness (QED) is 0.868. The van der Waals surface area contributed by atoms with Crippen molar-refractivity contribution in [1.29, 1.82) is 0 Å². The fraction of sp³-hybridized carbons (Fsp3) is 1.00. The second kappa shape index (κ2) is 4.69. The fourth-order valence-electron chi connectivity index (χ4n) is 7.13. The highest BCUT2D eigenvalue weighted by Crippen LogP contribution is 2.70. The molecule has 1 heterocycles. The molecule has 5 rings (SSSR count). The lowest BCUT2D eigenvalue weighted by Crippen LogP contribution is -2.60. The van der Waals surface area contributed by atoms with Crippen molar-refractivity contribution in [3.63, 3.8) is 0 Å². The Kier molecular flexibility index (Phi) is 3.23. The van der Waals surface area contributed by atoms with Gasteiger partial charge in [-0.3, -0.25) is 4.90 Å². The zero-order chi connectivity index (χ0) is 14.7. The molecule has 4 saturated carbocycles. The Morgan fingerprint density at radius 1 is 1.05 bits per heavy atom. The van der Waals surface area contributed by atoms with Crippen LogP contribution in [0, 0.1) is 22.2 Å². The van der Waals surface area contributed by atoms with Gasteiger partial charge in [0.2, 0.25) is 0 Å². The number of aliphatic hydroxyl groups excluding tert-OH is 1. The van der Waals surface area contributed by atoms with Gasteiger partial charge >= 0.3 is 0 Å². The van der Waals surface area contributed by atoms with Crippen LogP contribution in [-0.2, 0) is 4.74 Å². The van der Waals surface area contributed by atoms with Crippen molar-refractivity contribution in [2.45, 2.75) is 58.5 Å². The van der Waals surface area contributed by atoms with Crippen molar-refractivity contribution in [2.75, 3.05) is 32.8 Å². The Labute approximate surface area is 129 Å². The highest BCUT2D eigenvalue weighted by molar-refractivity contribution is 5.12. The van der Waals surface area contributed by atoms with Crippen molar-refractivity contribution in [1.82, 2.24) is 4.90 Å². The van der Waals surface area contributed by atoms with E-state index in [1.165, 1.54) is 38.5 Å². The van der Waals surface area contributed by atoms with Crippen molar-refractivity contribution < 1.29 is 9.84 Å². The number of rotatable bonds is 3. The molecule has 1 N–H and O–H groups in total. The average Bonchev–Trinajstić information content (AvgIpc) is 2.35. The van der Waals surface area contributed by atoms with E-state index in [2.05, 4.69) is 18.7 Å². The maximum atomic E-state index is 11.1. The van der Waals surface area contributed by atoms with Crippen molar-refractivity contribution in [2.24, 2.45) is 22.2 Å². The van der Waals surface area contributed by atoms with E-state index in [1.54, 1.807) is 0 Å². The van der Waals surface area contributed by atoms with Gasteiger partial charge in [-0.2, -0.15) is 0 Å². The largest absolute Gasteiger partial charge is 0.391 e. The lowest BCUT2D eigenvalue weighted by atomic mass is 9.39. The molecule has 4 bridgehead atoms. The smallest absolute Gasteiger partial charge is 0.0723 e. The molecule has 0 radical (unpaired) electrons. The molecule has 4 aliphatic carbocycles. The zero-order valence-corrected chi connectivity index (χ0v) is 13.7. The molecule has 1 saturated heterocycles. The molecule has 0 aromatic carbocycles. The van der Waals surface area contributed by atoms with Crippen LogP contribution in [0.3, 0.4) is 0 Å². The summed E-state index contributed by atoms with van der Waals surface area (Å²) in [6.07, 6.45) is 7.88. The molecule has 0 aromatic heterocycles. The molecule has 2 unspecified atom stereocenters. The Morgan fingerprint density at radius 2 is 1.67 bits per heavy atom. The molecule has 0 amide bonds. The molecule has 0 spiro atoms. The van der Waals surface area contributed by atoms with Crippen molar-refractivity contribution in [3.05, 3.63) is 0 Å². The van der Waals surface area contributed by atoms with E-state index >= 15 is 0 Å². The molecular weight excluding hydrogens is 262 g/mol. The molecule has 0 aromatic rings. The van der Waals surface area contributed by atoms with Crippen LogP contribution in [0.1, 0.15) is 52.4 Å². The SMILES string of the molecule is C[C@]12CC3CC([C@@H](O)CN4CCOCC4)(C1)C[C@@](C)(C3)C2. The third kappa shape index (κ3) is 2.46. The van der Waals surface area contributed by atoms with Gasteiger partial charge in [-0.05, 0) is 60.7 Å². The summed E-state index contributed by atoms with van der Waals surface area (Å²) in [5.74, 6) is 0.871. The number of morpholine rings is 1. The molecule has 5 fully saturated rings. The Hall–Kier alpha value is -0.120. The summed E-state index contributed by atoms with van der Waals surface area (Å²) in [6, 6.07) is 0. The minimum Gasteiger partial charge on any atom is -0.391 e. The van der Waals surface area contributed by atoms with E-state index in [1.807, 2.05) is 0 Å². The lowest BCUT2D eigenvalue weighted by Gasteiger charge is -2.66. The monoisotopic (exact) mass is 293 g/mol. The van der Waals surface area contributed by atoms with E-state index in [4.69, 9.17) is 4.74 Å². The summed E-state index contributed by atoms with van der Waals surface area (Å²) in [4.78, 5) is 2.41. The third-order valence-corrected chi connectivity index (χ3v) is 6.91. The van der Waals surface area contributed by atoms with Gasteiger partial charge in [-0.15, -0.1) is 0 Å². The summed E-state index contributed by atoms with van der Waals surface area (Å²) in [5.41, 5.74) is 1.21. The number of hydrogen-bond acceptors (Lipinski definition) is 3. The molecule has 3 nitrogen and oxygen atoms in total.